The van der Waals surface area contributed by atoms with Gasteiger partial charge >= 0.3 is 102 Å². The average molecular weight is 258 g/mol. The van der Waals surface area contributed by atoms with Crippen molar-refractivity contribution in [3.8, 4) is 0 Å². The second-order valence-corrected chi connectivity index (χ2v) is 6.82. The molecule has 17 heavy (non-hydrogen) atoms. The number of hydrogen-bond acceptors (Lipinski definition) is 4. The van der Waals surface area contributed by atoms with Crippen molar-refractivity contribution in [1.82, 2.24) is 0 Å². The molecule has 0 saturated carbocycles. The first-order valence-electron chi connectivity index (χ1n) is 5.93. The zero-order chi connectivity index (χ0) is 12.2. The van der Waals surface area contributed by atoms with Crippen LogP contribution < -0.4 is 5.30 Å². The molecule has 0 unspecified atom stereocenters. The van der Waals surface area contributed by atoms with E-state index in [1.165, 1.54) is 0 Å². The fourth-order valence-corrected chi connectivity index (χ4v) is 5.40. The predicted molar refractivity (Wildman–Crippen MR) is 68.2 cm³/mol. The monoisotopic (exact) mass is 258 g/mol. The van der Waals surface area contributed by atoms with Gasteiger partial charge in [0.25, 0.3) is 0 Å². The van der Waals surface area contributed by atoms with Crippen LogP contribution in [0.15, 0.2) is 30.3 Å². The predicted octanol–water partition coefficient (Wildman–Crippen LogP) is 2.65. The van der Waals surface area contributed by atoms with E-state index in [1.807, 2.05) is 44.2 Å². The molecular formula is C12H19O4P. The summed E-state index contributed by atoms with van der Waals surface area (Å²) in [6.45, 7) is 5.83. The summed E-state index contributed by atoms with van der Waals surface area (Å²) in [7, 11) is -3.54. The Hall–Kier alpha value is -0.510. The van der Waals surface area contributed by atoms with Crippen molar-refractivity contribution in [3.05, 3.63) is 30.3 Å². The number of benzene rings is 1. The molecule has 0 N–H and O–H groups in total. The molecule has 0 bridgehead atoms. The third-order valence-electron chi connectivity index (χ3n) is 2.59. The molecule has 1 saturated heterocycles. The van der Waals surface area contributed by atoms with Gasteiger partial charge in [-0.25, -0.2) is 0 Å². The molecule has 1 aliphatic heterocycles. The SMILES string of the molecule is CCOP1(OCC)(c2ccccc2)OCCO1. The van der Waals surface area contributed by atoms with Crippen LogP contribution in [0.5, 0.6) is 0 Å². The summed E-state index contributed by atoms with van der Waals surface area (Å²) < 4.78 is 23.5. The van der Waals surface area contributed by atoms with Gasteiger partial charge in [0.05, 0.1) is 0 Å². The normalized spacial score (nSPS) is 24.0. The second-order valence-electron chi connectivity index (χ2n) is 3.65. The first-order valence-corrected chi connectivity index (χ1v) is 7.84. The summed E-state index contributed by atoms with van der Waals surface area (Å²) >= 11 is 0. The molecule has 0 radical (unpaired) electrons. The van der Waals surface area contributed by atoms with Crippen molar-refractivity contribution in [3.63, 3.8) is 0 Å². The van der Waals surface area contributed by atoms with Gasteiger partial charge in [0.1, 0.15) is 0 Å². The van der Waals surface area contributed by atoms with Crippen LogP contribution in [0.3, 0.4) is 0 Å². The van der Waals surface area contributed by atoms with Crippen molar-refractivity contribution in [2.45, 2.75) is 13.8 Å². The first-order chi connectivity index (χ1) is 8.25. The Labute approximate surface area is 102 Å². The molecule has 0 aromatic heterocycles. The van der Waals surface area contributed by atoms with Crippen LogP contribution in [0, 0.1) is 0 Å². The maximum atomic E-state index is 5.87. The zero-order valence-electron chi connectivity index (χ0n) is 10.3. The van der Waals surface area contributed by atoms with Crippen molar-refractivity contribution < 1.29 is 18.1 Å². The van der Waals surface area contributed by atoms with Crippen molar-refractivity contribution in [2.24, 2.45) is 0 Å². The fraction of sp³-hybridized carbons (Fsp3) is 0.500. The summed E-state index contributed by atoms with van der Waals surface area (Å²) in [5.74, 6) is 0. The van der Waals surface area contributed by atoms with E-state index in [0.717, 1.165) is 5.30 Å². The van der Waals surface area contributed by atoms with Crippen molar-refractivity contribution >= 4 is 12.8 Å². The summed E-state index contributed by atoms with van der Waals surface area (Å²) in [6, 6.07) is 9.70. The van der Waals surface area contributed by atoms with Crippen LogP contribution in [0.2, 0.25) is 0 Å². The number of hydrogen-bond donors (Lipinski definition) is 0. The Balaban J connectivity index is 2.48. The van der Waals surface area contributed by atoms with Crippen LogP contribution in [0.4, 0.5) is 0 Å². The molecular weight excluding hydrogens is 239 g/mol. The Kier molecular flexibility index (Phi) is 3.81. The van der Waals surface area contributed by atoms with Gasteiger partial charge in [0.15, 0.2) is 0 Å². The molecule has 1 aromatic rings. The standard InChI is InChI=1S/C12H19O4P/c1-3-13-17(14-4-2,15-10-11-16-17)12-8-6-5-7-9-12/h5-9H,3-4,10-11H2,1-2H3. The molecule has 2 rings (SSSR count). The number of rotatable bonds is 5. The van der Waals surface area contributed by atoms with Crippen LogP contribution in [0.25, 0.3) is 0 Å². The molecule has 0 amide bonds. The van der Waals surface area contributed by atoms with Crippen LogP contribution in [-0.4, -0.2) is 26.4 Å². The summed E-state index contributed by atoms with van der Waals surface area (Å²) in [6.07, 6.45) is 0. The second kappa shape index (κ2) is 5.01. The van der Waals surface area contributed by atoms with Gasteiger partial charge in [-0.15, -0.1) is 0 Å². The molecule has 4 nitrogen and oxygen atoms in total. The Bertz CT molecular complexity index is 352. The van der Waals surface area contributed by atoms with Gasteiger partial charge < -0.3 is 0 Å². The van der Waals surface area contributed by atoms with E-state index >= 15 is 0 Å². The minimum absolute atomic E-state index is 0.493. The molecule has 1 fully saturated rings. The summed E-state index contributed by atoms with van der Waals surface area (Å²) in [5, 5.41) is 0.861. The van der Waals surface area contributed by atoms with Crippen LogP contribution >= 0.6 is 7.51 Å². The van der Waals surface area contributed by atoms with Gasteiger partial charge in [0, 0.05) is 0 Å². The quantitative estimate of drug-likeness (QED) is 0.761. The topological polar surface area (TPSA) is 36.9 Å². The molecule has 96 valence electrons. The Morgan fingerprint density at radius 2 is 1.53 bits per heavy atom. The third-order valence-corrected chi connectivity index (χ3v) is 6.40. The molecule has 0 spiro atoms. The van der Waals surface area contributed by atoms with E-state index < -0.39 is 7.51 Å². The van der Waals surface area contributed by atoms with E-state index in [1.54, 1.807) is 0 Å². The Morgan fingerprint density at radius 3 is 2.00 bits per heavy atom. The van der Waals surface area contributed by atoms with Gasteiger partial charge in [-0.3, -0.25) is 0 Å². The summed E-state index contributed by atoms with van der Waals surface area (Å²) in [5.41, 5.74) is 0. The van der Waals surface area contributed by atoms with Gasteiger partial charge in [-0.05, 0) is 0 Å². The van der Waals surface area contributed by atoms with E-state index in [2.05, 4.69) is 0 Å². The first kappa shape index (κ1) is 12.9. The molecule has 1 aliphatic rings. The van der Waals surface area contributed by atoms with Gasteiger partial charge in [0.2, 0.25) is 0 Å². The summed E-state index contributed by atoms with van der Waals surface area (Å²) in [4.78, 5) is 0. The van der Waals surface area contributed by atoms with Crippen LogP contribution in [0.1, 0.15) is 13.8 Å². The van der Waals surface area contributed by atoms with E-state index in [-0.39, 0.29) is 0 Å². The fourth-order valence-electron chi connectivity index (χ4n) is 2.03. The molecule has 1 aromatic carbocycles. The maximum absolute atomic E-state index is 5.87. The van der Waals surface area contributed by atoms with E-state index in [0.29, 0.717) is 26.4 Å². The van der Waals surface area contributed by atoms with E-state index in [4.69, 9.17) is 18.1 Å². The van der Waals surface area contributed by atoms with Crippen LogP contribution in [-0.2, 0) is 18.1 Å². The van der Waals surface area contributed by atoms with Gasteiger partial charge in [-0.1, -0.05) is 0 Å². The third kappa shape index (κ3) is 2.12. The minimum atomic E-state index is -3.54. The molecule has 0 aliphatic carbocycles. The zero-order valence-corrected chi connectivity index (χ0v) is 11.2. The molecule has 1 heterocycles. The molecule has 0 atom stereocenters. The van der Waals surface area contributed by atoms with Gasteiger partial charge in [-0.2, -0.15) is 0 Å². The Morgan fingerprint density at radius 1 is 1.00 bits per heavy atom. The van der Waals surface area contributed by atoms with E-state index in [9.17, 15) is 0 Å². The molecule has 5 heteroatoms. The van der Waals surface area contributed by atoms with Crippen molar-refractivity contribution in [2.75, 3.05) is 26.4 Å². The average Bonchev–Trinajstić information content (AvgIpc) is 2.78. The van der Waals surface area contributed by atoms with Crippen molar-refractivity contribution in [1.29, 1.82) is 0 Å².